The molecular weight excluding hydrogens is 756 g/mol. The highest BCUT2D eigenvalue weighted by atomic mass is 31.0. The molecule has 0 aliphatic heterocycles. The van der Waals surface area contributed by atoms with Crippen molar-refractivity contribution in [3.8, 4) is 40.1 Å². The van der Waals surface area contributed by atoms with E-state index in [4.69, 9.17) is 23.9 Å². The lowest BCUT2D eigenvalue weighted by Gasteiger charge is -2.19. The van der Waals surface area contributed by atoms with Gasteiger partial charge in [0.2, 0.25) is 0 Å². The molecule has 4 rings (SSSR count). The summed E-state index contributed by atoms with van der Waals surface area (Å²) in [5.41, 5.74) is -0.134. The molecule has 1 heterocycles. The van der Waals surface area contributed by atoms with Crippen molar-refractivity contribution in [3.63, 3.8) is 0 Å². The minimum atomic E-state index is -3.08. The van der Waals surface area contributed by atoms with Crippen molar-refractivity contribution in [1.29, 1.82) is 0 Å². The van der Waals surface area contributed by atoms with Crippen molar-refractivity contribution in [2.24, 2.45) is 0 Å². The van der Waals surface area contributed by atoms with E-state index in [9.17, 15) is 8.78 Å². The van der Waals surface area contributed by atoms with Gasteiger partial charge in [-0.1, -0.05) is 70.2 Å². The summed E-state index contributed by atoms with van der Waals surface area (Å²) in [4.78, 5) is 12.5. The van der Waals surface area contributed by atoms with E-state index in [0.717, 1.165) is 126 Å². The summed E-state index contributed by atoms with van der Waals surface area (Å²) in [7, 11) is 1.63. The van der Waals surface area contributed by atoms with Gasteiger partial charge in [-0.3, -0.25) is 0 Å². The van der Waals surface area contributed by atoms with Crippen molar-refractivity contribution in [2.75, 3.05) is 78.7 Å². The molecule has 0 aliphatic rings. The predicted molar refractivity (Wildman–Crippen MR) is 239 cm³/mol. The zero-order chi connectivity index (χ0) is 42.1. The Hall–Kier alpha value is -3.50. The first-order valence-corrected chi connectivity index (χ1v) is 22.3. The van der Waals surface area contributed by atoms with E-state index in [2.05, 4.69) is 73.8 Å². The second kappa shape index (κ2) is 23.9. The Morgan fingerprint density at radius 1 is 0.638 bits per heavy atom. The summed E-state index contributed by atoms with van der Waals surface area (Å²) in [6, 6.07) is 14.5. The van der Waals surface area contributed by atoms with Crippen LogP contribution in [-0.4, -0.2) is 103 Å². The quantitative estimate of drug-likeness (QED) is 0.0414. The van der Waals surface area contributed by atoms with Gasteiger partial charge >= 0.3 is 0 Å². The molecule has 3 aromatic carbocycles. The number of halogens is 2. The highest BCUT2D eigenvalue weighted by molar-refractivity contribution is 7.17. The predicted octanol–water partition coefficient (Wildman–Crippen LogP) is 10.9. The first-order chi connectivity index (χ1) is 28.0. The monoisotopic (exact) mass is 826 g/mol. The van der Waals surface area contributed by atoms with E-state index in [-0.39, 0.29) is 5.56 Å². The average Bonchev–Trinajstić information content (AvgIpc) is 3.58. The molecule has 0 fully saturated rings. The first-order valence-electron chi connectivity index (χ1n) is 21.7. The fourth-order valence-corrected chi connectivity index (χ4v) is 7.49. The van der Waals surface area contributed by atoms with Gasteiger partial charge < -0.3 is 38.2 Å². The lowest BCUT2D eigenvalue weighted by Crippen LogP contribution is -2.25. The van der Waals surface area contributed by atoms with Crippen LogP contribution < -0.4 is 18.9 Å². The van der Waals surface area contributed by atoms with Crippen LogP contribution in [0.3, 0.4) is 0 Å². The Bertz CT molecular complexity index is 1820. The fraction of sp³-hybridized carbons (Fsp3) is 0.587. The van der Waals surface area contributed by atoms with E-state index in [1.165, 1.54) is 6.07 Å². The molecule has 322 valence electrons. The van der Waals surface area contributed by atoms with Crippen molar-refractivity contribution in [3.05, 3.63) is 59.7 Å². The van der Waals surface area contributed by atoms with Gasteiger partial charge in [0.25, 0.3) is 5.66 Å². The van der Waals surface area contributed by atoms with Gasteiger partial charge in [0.05, 0.1) is 30.9 Å². The first kappa shape index (κ1) is 47.2. The maximum Gasteiger partial charge on any atom is 0.284 e. The number of aromatic nitrogens is 2. The lowest BCUT2D eigenvalue weighted by molar-refractivity contribution is 0.103. The molecule has 0 aliphatic carbocycles. The minimum Gasteiger partial charge on any atom is -0.493 e. The van der Waals surface area contributed by atoms with Gasteiger partial charge in [-0.25, -0.2) is 4.98 Å². The summed E-state index contributed by atoms with van der Waals surface area (Å²) >= 11 is 0. The third kappa shape index (κ3) is 13.5. The molecule has 1 unspecified atom stereocenters. The zero-order valence-corrected chi connectivity index (χ0v) is 37.7. The molecular formula is C46H70F2N5O4P. The summed E-state index contributed by atoms with van der Waals surface area (Å²) < 4.78 is 56.9. The topological polar surface area (TPSA) is 64.5 Å². The van der Waals surface area contributed by atoms with E-state index in [0.29, 0.717) is 48.4 Å². The van der Waals surface area contributed by atoms with Gasteiger partial charge in [0.1, 0.15) is 34.3 Å². The highest BCUT2D eigenvalue weighted by Crippen LogP contribution is 2.42. The van der Waals surface area contributed by atoms with Crippen LogP contribution in [0.25, 0.3) is 22.4 Å². The summed E-state index contributed by atoms with van der Waals surface area (Å²) in [6.45, 7) is 28.2. The number of fused-ring (bicyclic) bond motifs is 1. The molecule has 1 aromatic heterocycles. The Kier molecular flexibility index (Phi) is 19.5. The van der Waals surface area contributed by atoms with Crippen molar-refractivity contribution in [1.82, 2.24) is 24.3 Å². The summed E-state index contributed by atoms with van der Waals surface area (Å²) in [6.07, 6.45) is 4.61. The number of unbranched alkanes of at least 4 members (excludes halogenated alkanes) is 1. The maximum atomic E-state index is 14.4. The molecule has 0 saturated heterocycles. The number of aryl methyl sites for hydroxylation is 2. The number of hydrogen-bond donors (Lipinski definition) is 0. The number of rotatable bonds is 28. The Morgan fingerprint density at radius 2 is 1.16 bits per heavy atom. The normalized spacial score (nSPS) is 12.0. The molecule has 12 heteroatoms. The number of hydrogen-bond acceptors (Lipinski definition) is 8. The highest BCUT2D eigenvalue weighted by Gasteiger charge is 2.27. The third-order valence-electron chi connectivity index (χ3n) is 10.8. The van der Waals surface area contributed by atoms with Gasteiger partial charge in [-0.05, 0) is 102 Å². The van der Waals surface area contributed by atoms with Gasteiger partial charge in [0.15, 0.2) is 5.75 Å². The SMILES string of the molecule is CCCCn1c(-c2ccc(Oc3ccc(C)c(C(F)(F)P)c3)cc2OCCCN(CC)CC)nc2c(OCCCN(CC)CC)cc(OCCCN(CC)CC)cc21. The van der Waals surface area contributed by atoms with Gasteiger partial charge in [0, 0.05) is 49.9 Å². The molecule has 9 nitrogen and oxygen atoms in total. The van der Waals surface area contributed by atoms with Crippen LogP contribution in [0.1, 0.15) is 91.7 Å². The zero-order valence-electron chi connectivity index (χ0n) is 36.5. The number of nitrogens with zero attached hydrogens (tertiary/aromatic N) is 5. The Balaban J connectivity index is 1.78. The largest absolute Gasteiger partial charge is 0.493 e. The molecule has 1 atom stereocenters. The number of benzene rings is 3. The standard InChI is InChI=1S/C46H70F2N5O4P/c1-9-16-27-53-41-32-38(54-28-17-24-50(10-2)11-3)34-43(56-30-19-26-52(14-6)15-7)44(41)49-45(53)39-23-22-37(33-42(39)55-29-18-25-51(12-4)13-5)57-36-21-20-35(8)40(31-36)46(47,48)58/h20-23,31-34H,9-19,24-30,58H2,1-8H3. The second-order valence-corrected chi connectivity index (χ2v) is 15.5. The van der Waals surface area contributed by atoms with Crippen molar-refractivity contribution >= 4 is 20.3 Å². The Labute approximate surface area is 349 Å². The van der Waals surface area contributed by atoms with Gasteiger partial charge in [-0.2, -0.15) is 8.78 Å². The molecule has 0 spiro atoms. The van der Waals surface area contributed by atoms with Crippen molar-refractivity contribution in [2.45, 2.75) is 99.7 Å². The number of alkyl halides is 2. The molecule has 0 N–H and O–H groups in total. The van der Waals surface area contributed by atoms with Gasteiger partial charge in [-0.15, -0.1) is 0 Å². The van der Waals surface area contributed by atoms with Crippen LogP contribution >= 0.6 is 9.24 Å². The van der Waals surface area contributed by atoms with Crippen molar-refractivity contribution < 1.29 is 27.7 Å². The van der Waals surface area contributed by atoms with E-state index in [1.807, 2.05) is 24.3 Å². The maximum absolute atomic E-state index is 14.4. The molecule has 0 radical (unpaired) electrons. The molecule has 0 bridgehead atoms. The van der Waals surface area contributed by atoms with E-state index < -0.39 is 5.66 Å². The summed E-state index contributed by atoms with van der Waals surface area (Å²) in [5.74, 6) is 3.66. The lowest BCUT2D eigenvalue weighted by atomic mass is 10.1. The molecule has 4 aromatic rings. The van der Waals surface area contributed by atoms with Crippen LogP contribution in [0.5, 0.6) is 28.7 Å². The van der Waals surface area contributed by atoms with Crippen LogP contribution in [-0.2, 0) is 12.2 Å². The molecule has 0 saturated carbocycles. The van der Waals surface area contributed by atoms with Crippen LogP contribution in [0.2, 0.25) is 0 Å². The van der Waals surface area contributed by atoms with E-state index >= 15 is 0 Å². The van der Waals surface area contributed by atoms with Crippen LogP contribution in [0, 0.1) is 6.92 Å². The average molecular weight is 826 g/mol. The number of ether oxygens (including phenoxy) is 4. The van der Waals surface area contributed by atoms with Crippen LogP contribution in [0.4, 0.5) is 8.78 Å². The second-order valence-electron chi connectivity index (χ2n) is 14.8. The molecule has 0 amide bonds. The smallest absolute Gasteiger partial charge is 0.284 e. The molecule has 58 heavy (non-hydrogen) atoms. The number of imidazole rings is 1. The summed E-state index contributed by atoms with van der Waals surface area (Å²) in [5, 5.41) is 0. The fourth-order valence-electron chi connectivity index (χ4n) is 7.18. The third-order valence-corrected chi connectivity index (χ3v) is 11.2. The van der Waals surface area contributed by atoms with Crippen LogP contribution in [0.15, 0.2) is 48.5 Å². The minimum absolute atomic E-state index is 0.0949. The Morgan fingerprint density at radius 3 is 1.71 bits per heavy atom. The van der Waals surface area contributed by atoms with E-state index in [1.54, 1.807) is 28.3 Å².